The molecule has 3 aliphatic heterocycles. The van der Waals surface area contributed by atoms with Crippen molar-refractivity contribution in [2.45, 2.75) is 126 Å². The fourth-order valence-electron chi connectivity index (χ4n) is 9.23. The van der Waals surface area contributed by atoms with Crippen LogP contribution in [-0.4, -0.2) is 125 Å². The highest BCUT2D eigenvalue weighted by Crippen LogP contribution is 2.48. The Labute approximate surface area is 359 Å². The van der Waals surface area contributed by atoms with Gasteiger partial charge < -0.3 is 29.7 Å². The Hall–Kier alpha value is -4.65. The highest BCUT2D eigenvalue weighted by molar-refractivity contribution is 7.91. The highest BCUT2D eigenvalue weighted by Gasteiger charge is 2.64. The third-order valence-electron chi connectivity index (χ3n) is 13.7. The van der Waals surface area contributed by atoms with E-state index in [9.17, 15) is 41.1 Å². The van der Waals surface area contributed by atoms with Gasteiger partial charge in [0.1, 0.15) is 29.3 Å². The molecular weight excluding hydrogens is 834 g/mol. The molecule has 1 aromatic heterocycles. The van der Waals surface area contributed by atoms with Crippen LogP contribution in [0.2, 0.25) is 0 Å². The number of anilines is 1. The summed E-state index contributed by atoms with van der Waals surface area (Å²) < 4.78 is 84.3. The zero-order valence-corrected chi connectivity index (χ0v) is 36.6. The van der Waals surface area contributed by atoms with Crippen molar-refractivity contribution in [3.8, 4) is 5.88 Å². The molecule has 15 nitrogen and oxygen atoms in total. The predicted molar refractivity (Wildman–Crippen MR) is 223 cm³/mol. The van der Waals surface area contributed by atoms with Crippen molar-refractivity contribution in [1.82, 2.24) is 24.8 Å². The lowest BCUT2D eigenvalue weighted by molar-refractivity contribution is -0.222. The molecule has 4 fully saturated rings. The van der Waals surface area contributed by atoms with Gasteiger partial charge in [0.15, 0.2) is 0 Å². The number of hydrogen-bond donors (Lipinski definition) is 3. The van der Waals surface area contributed by atoms with Crippen molar-refractivity contribution in [3.63, 3.8) is 0 Å². The first-order chi connectivity index (χ1) is 29.1. The molecule has 7 rings (SSSR count). The van der Waals surface area contributed by atoms with Crippen LogP contribution in [0.15, 0.2) is 42.6 Å². The summed E-state index contributed by atoms with van der Waals surface area (Å²) in [5.41, 5.74) is -3.90. The zero-order chi connectivity index (χ0) is 45.0. The maximum Gasteiger partial charge on any atom is 0.411 e. The van der Waals surface area contributed by atoms with Crippen molar-refractivity contribution >= 4 is 50.3 Å². The second-order valence-corrected chi connectivity index (χ2v) is 20.6. The summed E-state index contributed by atoms with van der Waals surface area (Å²) in [5, 5.41) is 14.8. The van der Waals surface area contributed by atoms with E-state index in [0.29, 0.717) is 71.2 Å². The Kier molecular flexibility index (Phi) is 12.3. The van der Waals surface area contributed by atoms with Gasteiger partial charge in [0.2, 0.25) is 27.7 Å². The maximum atomic E-state index is 15.3. The molecule has 5 aliphatic rings. The number of alkyl halides is 3. The maximum absolute atomic E-state index is 15.3. The quantitative estimate of drug-likeness (QED) is 0.274. The van der Waals surface area contributed by atoms with E-state index < -0.39 is 85.9 Å². The number of amides is 4. The molecule has 19 heteroatoms. The zero-order valence-electron chi connectivity index (χ0n) is 35.7. The first kappa shape index (κ1) is 45.4. The molecule has 2 aliphatic carbocycles. The fourth-order valence-corrected chi connectivity index (χ4v) is 10.5. The van der Waals surface area contributed by atoms with Gasteiger partial charge in [-0.15, -0.1) is 0 Å². The van der Waals surface area contributed by atoms with Gasteiger partial charge in [-0.3, -0.25) is 24.0 Å². The number of ether oxygens (including phenoxy) is 2. The van der Waals surface area contributed by atoms with Gasteiger partial charge in [0, 0.05) is 36.2 Å². The van der Waals surface area contributed by atoms with Gasteiger partial charge in [0.05, 0.1) is 36.4 Å². The number of halogens is 3. The van der Waals surface area contributed by atoms with E-state index in [1.54, 1.807) is 19.2 Å². The summed E-state index contributed by atoms with van der Waals surface area (Å²) in [6.07, 6.45) is -0.879. The topological polar surface area (TPSA) is 188 Å². The Morgan fingerprint density at radius 3 is 2.42 bits per heavy atom. The lowest BCUT2D eigenvalue weighted by Crippen LogP contribution is -2.66. The summed E-state index contributed by atoms with van der Waals surface area (Å²) in [7, 11) is -4.12. The summed E-state index contributed by atoms with van der Waals surface area (Å²) >= 11 is 0. The van der Waals surface area contributed by atoms with Crippen molar-refractivity contribution in [1.29, 1.82) is 0 Å². The number of aromatic nitrogens is 1. The van der Waals surface area contributed by atoms with Gasteiger partial charge in [-0.1, -0.05) is 50.6 Å². The molecule has 4 heterocycles. The van der Waals surface area contributed by atoms with E-state index in [1.165, 1.54) is 6.92 Å². The minimum Gasteiger partial charge on any atom is -0.472 e. The van der Waals surface area contributed by atoms with E-state index in [4.69, 9.17) is 9.47 Å². The van der Waals surface area contributed by atoms with Crippen LogP contribution in [0.5, 0.6) is 5.88 Å². The van der Waals surface area contributed by atoms with E-state index in [1.807, 2.05) is 37.3 Å². The minimum absolute atomic E-state index is 0.0575. The van der Waals surface area contributed by atoms with Gasteiger partial charge >= 0.3 is 12.3 Å². The number of rotatable bonds is 9. The number of nitrogens with zero attached hydrogens (tertiary/aromatic N) is 4. The summed E-state index contributed by atoms with van der Waals surface area (Å²) in [4.78, 5) is 65.2. The average molecular weight is 891 g/mol. The highest BCUT2D eigenvalue weighted by atomic mass is 32.2. The van der Waals surface area contributed by atoms with Gasteiger partial charge in [-0.05, 0) is 77.2 Å². The lowest BCUT2D eigenvalue weighted by Gasteiger charge is -2.46. The molecule has 4 amide bonds. The standard InChI is InChI=1S/C43H57F3N6O9S/c1-6-27-21-26(2)11-7-8-12-28-23-42(28,38(55)49-62(58,59)41(5)15-16-41)48-35(53)32-22-29(25-51(32)37(54)34(27)52(39(56)57)40(3,4)43(44,45)46)61-36-31-14-10-9-13-30(31)33(24-47-36)50-17-19-60-20-18-50/h8-10,12-14,24,26-29,32,34H,6-7,11,15-23,25H2,1-5H3,(H,48,53)(H,49,55)(H,56,57)/t26-,27-,28-,29-,32+,34+,42-/m1/s1. The minimum atomic E-state index is -5.09. The largest absolute Gasteiger partial charge is 0.472 e. The summed E-state index contributed by atoms with van der Waals surface area (Å²) in [6, 6.07) is 4.07. The molecule has 1 aromatic carbocycles. The first-order valence-electron chi connectivity index (χ1n) is 21.5. The van der Waals surface area contributed by atoms with E-state index in [0.717, 1.165) is 16.0 Å². The fraction of sp³-hybridized carbons (Fsp3) is 0.651. The average Bonchev–Trinajstić information content (AvgIpc) is 4.10. The molecule has 0 radical (unpaired) electrons. The Bertz CT molecular complexity index is 2210. The summed E-state index contributed by atoms with van der Waals surface area (Å²) in [5.74, 6) is -4.31. The number of nitrogens with one attached hydrogen (secondary N) is 2. The first-order valence-corrected chi connectivity index (χ1v) is 22.9. The van der Waals surface area contributed by atoms with E-state index >= 15 is 4.79 Å². The molecule has 2 aromatic rings. The van der Waals surface area contributed by atoms with Crippen LogP contribution in [0, 0.1) is 17.8 Å². The number of carboxylic acid groups (broad SMARTS) is 1. The molecule has 2 saturated heterocycles. The molecule has 2 saturated carbocycles. The SMILES string of the molecule is CC[C@@H]1C[C@H](C)CCC=C[C@@H]2C[C@@]2(C(=O)NS(=O)(=O)C2(C)CC2)NC(=O)[C@@H]2C[C@@H](Oc3ncc(N4CCOCC4)c4ccccc34)CN2C(=O)[C@H]1N(C(=O)O)C(C)(C)C(F)(F)F. The molecule has 62 heavy (non-hydrogen) atoms. The number of fused-ring (bicyclic) bond motifs is 3. The van der Waals surface area contributed by atoms with Crippen molar-refractivity contribution in [2.75, 3.05) is 37.7 Å². The number of carbonyl (C=O) groups is 4. The number of morpholine rings is 1. The predicted octanol–water partition coefficient (Wildman–Crippen LogP) is 5.39. The smallest absolute Gasteiger partial charge is 0.411 e. The molecule has 340 valence electrons. The van der Waals surface area contributed by atoms with E-state index in [-0.39, 0.29) is 48.9 Å². The van der Waals surface area contributed by atoms with Crippen LogP contribution in [0.25, 0.3) is 10.8 Å². The van der Waals surface area contributed by atoms with Gasteiger partial charge in [-0.2, -0.15) is 13.2 Å². The van der Waals surface area contributed by atoms with Crippen LogP contribution in [0.4, 0.5) is 23.7 Å². The molecule has 7 atom stereocenters. The van der Waals surface area contributed by atoms with Gasteiger partial charge in [-0.25, -0.2) is 18.2 Å². The van der Waals surface area contributed by atoms with Crippen LogP contribution in [0.1, 0.15) is 86.0 Å². The number of pyridine rings is 1. The van der Waals surface area contributed by atoms with Gasteiger partial charge in [0.25, 0.3) is 5.91 Å². The Morgan fingerprint density at radius 2 is 1.79 bits per heavy atom. The lowest BCUT2D eigenvalue weighted by atomic mass is 9.82. The van der Waals surface area contributed by atoms with Crippen LogP contribution in [0.3, 0.4) is 0 Å². The number of benzene rings is 1. The second kappa shape index (κ2) is 16.8. The van der Waals surface area contributed by atoms with Crippen LogP contribution in [-0.2, 0) is 29.1 Å². The molecule has 0 unspecified atom stereocenters. The third-order valence-corrected chi connectivity index (χ3v) is 15.9. The summed E-state index contributed by atoms with van der Waals surface area (Å²) in [6.45, 7) is 8.54. The van der Waals surface area contributed by atoms with Crippen LogP contribution < -0.4 is 19.7 Å². The second-order valence-electron chi connectivity index (χ2n) is 18.4. The van der Waals surface area contributed by atoms with Crippen molar-refractivity contribution in [2.24, 2.45) is 17.8 Å². The third kappa shape index (κ3) is 8.54. The molecular formula is C43H57F3N6O9S. The number of sulfonamides is 1. The molecule has 0 spiro atoms. The van der Waals surface area contributed by atoms with Crippen LogP contribution >= 0.6 is 0 Å². The molecule has 0 bridgehead atoms. The molecule has 3 N–H and O–H groups in total. The van der Waals surface area contributed by atoms with E-state index in [2.05, 4.69) is 19.9 Å². The number of carbonyl (C=O) groups excluding carboxylic acids is 3. The van der Waals surface area contributed by atoms with Crippen molar-refractivity contribution in [3.05, 3.63) is 42.6 Å². The van der Waals surface area contributed by atoms with Crippen molar-refractivity contribution < 1.29 is 55.3 Å². The monoisotopic (exact) mass is 890 g/mol. The number of allylic oxidation sites excluding steroid dienone is 1. The number of hydrogen-bond acceptors (Lipinski definition) is 10. The Morgan fingerprint density at radius 1 is 1.11 bits per heavy atom. The Balaban J connectivity index is 1.30. The normalized spacial score (nSPS) is 29.4.